The van der Waals surface area contributed by atoms with Gasteiger partial charge in [0.25, 0.3) is 0 Å². The minimum Gasteiger partial charge on any atom is -0.382 e. The van der Waals surface area contributed by atoms with Crippen molar-refractivity contribution in [1.29, 1.82) is 0 Å². The quantitative estimate of drug-likeness (QED) is 0.601. The fourth-order valence-electron chi connectivity index (χ4n) is 0.646. The standard InChI is InChI=1S/C7H16OS/c1-4-7(9)5-6(2)8-3/h6-7,9H,4-5H2,1-3H3. The molecule has 0 radical (unpaired) electrons. The Kier molecular flexibility index (Phi) is 5.30. The van der Waals surface area contributed by atoms with Gasteiger partial charge in [0, 0.05) is 12.4 Å². The van der Waals surface area contributed by atoms with E-state index in [4.69, 9.17) is 4.74 Å². The van der Waals surface area contributed by atoms with E-state index in [0.717, 1.165) is 12.8 Å². The van der Waals surface area contributed by atoms with Gasteiger partial charge in [0.05, 0.1) is 6.10 Å². The zero-order chi connectivity index (χ0) is 7.28. The highest BCUT2D eigenvalue weighted by atomic mass is 32.1. The summed E-state index contributed by atoms with van der Waals surface area (Å²) in [5, 5.41) is 0.500. The van der Waals surface area contributed by atoms with Crippen molar-refractivity contribution in [3.8, 4) is 0 Å². The highest BCUT2D eigenvalue weighted by molar-refractivity contribution is 7.80. The minimum absolute atomic E-state index is 0.354. The monoisotopic (exact) mass is 148 g/mol. The first-order chi connectivity index (χ1) is 4.20. The van der Waals surface area contributed by atoms with Gasteiger partial charge in [0.2, 0.25) is 0 Å². The van der Waals surface area contributed by atoms with Crippen LogP contribution in [0.1, 0.15) is 26.7 Å². The average molecular weight is 148 g/mol. The third kappa shape index (κ3) is 4.79. The van der Waals surface area contributed by atoms with E-state index in [1.165, 1.54) is 0 Å². The van der Waals surface area contributed by atoms with Crippen LogP contribution in [0.5, 0.6) is 0 Å². The third-order valence-corrected chi connectivity index (χ3v) is 2.05. The maximum absolute atomic E-state index is 5.07. The molecule has 0 aromatic heterocycles. The number of thiol groups is 1. The highest BCUT2D eigenvalue weighted by Crippen LogP contribution is 2.09. The lowest BCUT2D eigenvalue weighted by Crippen LogP contribution is -2.11. The molecule has 0 aliphatic heterocycles. The summed E-state index contributed by atoms with van der Waals surface area (Å²) in [6.45, 7) is 4.21. The lowest BCUT2D eigenvalue weighted by atomic mass is 10.2. The maximum Gasteiger partial charge on any atom is 0.0553 e. The van der Waals surface area contributed by atoms with Crippen LogP contribution in [0.3, 0.4) is 0 Å². The van der Waals surface area contributed by atoms with Crippen molar-refractivity contribution in [1.82, 2.24) is 0 Å². The molecule has 0 aliphatic carbocycles. The van der Waals surface area contributed by atoms with Crippen molar-refractivity contribution in [2.24, 2.45) is 0 Å². The molecule has 0 aliphatic rings. The molecule has 0 rings (SSSR count). The van der Waals surface area contributed by atoms with Crippen molar-refractivity contribution in [2.75, 3.05) is 7.11 Å². The summed E-state index contributed by atoms with van der Waals surface area (Å²) in [7, 11) is 1.74. The molecule has 0 fully saturated rings. The third-order valence-electron chi connectivity index (χ3n) is 1.48. The second-order valence-electron chi connectivity index (χ2n) is 2.34. The number of ether oxygens (including phenoxy) is 1. The zero-order valence-electron chi connectivity index (χ0n) is 6.42. The van der Waals surface area contributed by atoms with Crippen LogP contribution in [-0.4, -0.2) is 18.5 Å². The van der Waals surface area contributed by atoms with Crippen LogP contribution < -0.4 is 0 Å². The second-order valence-corrected chi connectivity index (χ2v) is 3.07. The van der Waals surface area contributed by atoms with Gasteiger partial charge in [-0.3, -0.25) is 0 Å². The molecule has 0 heterocycles. The van der Waals surface area contributed by atoms with Crippen molar-refractivity contribution in [2.45, 2.75) is 38.0 Å². The summed E-state index contributed by atoms with van der Waals surface area (Å²) in [6.07, 6.45) is 2.53. The lowest BCUT2D eigenvalue weighted by molar-refractivity contribution is 0.110. The summed E-state index contributed by atoms with van der Waals surface area (Å²) < 4.78 is 5.07. The van der Waals surface area contributed by atoms with Crippen LogP contribution in [0.2, 0.25) is 0 Å². The van der Waals surface area contributed by atoms with E-state index < -0.39 is 0 Å². The molecule has 0 saturated carbocycles. The normalized spacial score (nSPS) is 17.3. The van der Waals surface area contributed by atoms with Crippen molar-refractivity contribution < 1.29 is 4.74 Å². The summed E-state index contributed by atoms with van der Waals surface area (Å²) >= 11 is 4.34. The Labute approximate surface area is 63.2 Å². The second kappa shape index (κ2) is 5.12. The molecular formula is C7H16OS. The number of methoxy groups -OCH3 is 1. The minimum atomic E-state index is 0.354. The van der Waals surface area contributed by atoms with Crippen molar-refractivity contribution >= 4 is 12.6 Å². The first kappa shape index (κ1) is 9.31. The fraction of sp³-hybridized carbons (Fsp3) is 1.00. The van der Waals surface area contributed by atoms with Gasteiger partial charge in [0.15, 0.2) is 0 Å². The molecular weight excluding hydrogens is 132 g/mol. The van der Waals surface area contributed by atoms with Gasteiger partial charge in [-0.2, -0.15) is 12.6 Å². The first-order valence-corrected chi connectivity index (χ1v) is 3.93. The largest absolute Gasteiger partial charge is 0.382 e. The van der Waals surface area contributed by atoms with Gasteiger partial charge in [-0.15, -0.1) is 0 Å². The van der Waals surface area contributed by atoms with Gasteiger partial charge in [-0.1, -0.05) is 6.92 Å². The van der Waals surface area contributed by atoms with Crippen LogP contribution in [0.25, 0.3) is 0 Å². The van der Waals surface area contributed by atoms with E-state index in [0.29, 0.717) is 11.4 Å². The topological polar surface area (TPSA) is 9.23 Å². The van der Waals surface area contributed by atoms with E-state index in [1.807, 2.05) is 0 Å². The Morgan fingerprint density at radius 2 is 2.11 bits per heavy atom. The number of rotatable bonds is 4. The first-order valence-electron chi connectivity index (χ1n) is 3.41. The van der Waals surface area contributed by atoms with E-state index >= 15 is 0 Å². The average Bonchev–Trinajstić information content (AvgIpc) is 1.87. The van der Waals surface area contributed by atoms with Gasteiger partial charge in [0.1, 0.15) is 0 Å². The Morgan fingerprint density at radius 1 is 1.56 bits per heavy atom. The van der Waals surface area contributed by atoms with Crippen LogP contribution in [0, 0.1) is 0 Å². The predicted octanol–water partition coefficient (Wildman–Crippen LogP) is 2.12. The molecule has 2 heteroatoms. The molecule has 0 spiro atoms. The molecule has 1 nitrogen and oxygen atoms in total. The highest BCUT2D eigenvalue weighted by Gasteiger charge is 2.04. The van der Waals surface area contributed by atoms with Crippen LogP contribution in [0.15, 0.2) is 0 Å². The van der Waals surface area contributed by atoms with E-state index in [-0.39, 0.29) is 0 Å². The smallest absolute Gasteiger partial charge is 0.0553 e. The zero-order valence-corrected chi connectivity index (χ0v) is 7.32. The van der Waals surface area contributed by atoms with Crippen LogP contribution in [-0.2, 0) is 4.74 Å². The molecule has 0 N–H and O–H groups in total. The Bertz CT molecular complexity index is 57.9. The van der Waals surface area contributed by atoms with E-state index in [1.54, 1.807) is 7.11 Å². The molecule has 56 valence electrons. The molecule has 0 saturated heterocycles. The SMILES string of the molecule is CCC(S)CC(C)OC. The Morgan fingerprint density at radius 3 is 2.44 bits per heavy atom. The van der Waals surface area contributed by atoms with Gasteiger partial charge in [-0.05, 0) is 19.8 Å². The Hall–Kier alpha value is 0.310. The van der Waals surface area contributed by atoms with Crippen molar-refractivity contribution in [3.63, 3.8) is 0 Å². The van der Waals surface area contributed by atoms with Gasteiger partial charge < -0.3 is 4.74 Å². The van der Waals surface area contributed by atoms with Gasteiger partial charge in [-0.25, -0.2) is 0 Å². The molecule has 0 aromatic rings. The molecule has 2 atom stereocenters. The summed E-state index contributed by atoms with van der Waals surface area (Å²) in [5.74, 6) is 0. The molecule has 2 unspecified atom stereocenters. The van der Waals surface area contributed by atoms with Crippen LogP contribution in [0.4, 0.5) is 0 Å². The molecule has 0 bridgehead atoms. The maximum atomic E-state index is 5.07. The number of hydrogen-bond donors (Lipinski definition) is 1. The Balaban J connectivity index is 3.22. The van der Waals surface area contributed by atoms with E-state index in [9.17, 15) is 0 Å². The molecule has 0 aromatic carbocycles. The van der Waals surface area contributed by atoms with Crippen molar-refractivity contribution in [3.05, 3.63) is 0 Å². The molecule has 0 amide bonds. The predicted molar refractivity (Wildman–Crippen MR) is 44.2 cm³/mol. The number of hydrogen-bond acceptors (Lipinski definition) is 2. The summed E-state index contributed by atoms with van der Waals surface area (Å²) in [4.78, 5) is 0. The summed E-state index contributed by atoms with van der Waals surface area (Å²) in [6, 6.07) is 0. The lowest BCUT2D eigenvalue weighted by Gasteiger charge is -2.12. The summed E-state index contributed by atoms with van der Waals surface area (Å²) in [5.41, 5.74) is 0. The van der Waals surface area contributed by atoms with Crippen LogP contribution >= 0.6 is 12.6 Å². The van der Waals surface area contributed by atoms with Gasteiger partial charge >= 0.3 is 0 Å². The van der Waals surface area contributed by atoms with E-state index in [2.05, 4.69) is 26.5 Å². The molecule has 9 heavy (non-hydrogen) atoms. The fourth-order valence-corrected chi connectivity index (χ4v) is 0.943.